The lowest BCUT2D eigenvalue weighted by molar-refractivity contribution is 0.293. The van der Waals surface area contributed by atoms with Crippen LogP contribution in [0.2, 0.25) is 0 Å². The highest BCUT2D eigenvalue weighted by atomic mass is 14.6. The van der Waals surface area contributed by atoms with Gasteiger partial charge in [-0.05, 0) is 18.3 Å². The number of rotatable bonds is 3. The van der Waals surface area contributed by atoms with E-state index >= 15 is 0 Å². The molecule has 0 aromatic rings. The van der Waals surface area contributed by atoms with Gasteiger partial charge in [0.25, 0.3) is 0 Å². The minimum absolute atomic E-state index is 0.438. The highest BCUT2D eigenvalue weighted by Crippen LogP contribution is 2.28. The Balaban J connectivity index is 2.20. The van der Waals surface area contributed by atoms with Gasteiger partial charge in [-0.3, -0.25) is 0 Å². The maximum absolute atomic E-state index is 6.05. The predicted octanol–water partition coefficient (Wildman–Crippen LogP) is 2.94. The van der Waals surface area contributed by atoms with E-state index in [0.717, 1.165) is 5.92 Å². The fraction of sp³-hybridized carbons (Fsp3) is 1.00. The molecule has 0 aliphatic heterocycles. The molecule has 12 heavy (non-hydrogen) atoms. The summed E-state index contributed by atoms with van der Waals surface area (Å²) in [7, 11) is 0. The van der Waals surface area contributed by atoms with Crippen LogP contribution in [-0.2, 0) is 0 Å². The second-order valence-electron chi connectivity index (χ2n) is 4.65. The minimum Gasteiger partial charge on any atom is -0.327 e. The van der Waals surface area contributed by atoms with Crippen molar-refractivity contribution in [3.63, 3.8) is 0 Å². The first kappa shape index (κ1) is 10.0. The summed E-state index contributed by atoms with van der Waals surface area (Å²) in [4.78, 5) is 0. The molecule has 72 valence electrons. The van der Waals surface area contributed by atoms with Crippen molar-refractivity contribution in [3.8, 4) is 0 Å². The largest absolute Gasteiger partial charge is 0.327 e. The fourth-order valence-corrected chi connectivity index (χ4v) is 2.08. The summed E-state index contributed by atoms with van der Waals surface area (Å²) in [6.07, 6.45) is 8.46. The van der Waals surface area contributed by atoms with Crippen LogP contribution in [0, 0.1) is 11.8 Å². The van der Waals surface area contributed by atoms with Crippen molar-refractivity contribution in [1.29, 1.82) is 0 Å². The molecule has 0 heterocycles. The Labute approximate surface area is 76.7 Å². The van der Waals surface area contributed by atoms with Crippen LogP contribution in [0.4, 0.5) is 0 Å². The van der Waals surface area contributed by atoms with Gasteiger partial charge < -0.3 is 5.73 Å². The molecule has 0 unspecified atom stereocenters. The number of nitrogens with two attached hydrogens (primary N) is 1. The van der Waals surface area contributed by atoms with E-state index in [9.17, 15) is 0 Å². The van der Waals surface area contributed by atoms with Crippen molar-refractivity contribution in [2.24, 2.45) is 17.6 Å². The fourth-order valence-electron chi connectivity index (χ4n) is 2.08. The van der Waals surface area contributed by atoms with Crippen molar-refractivity contribution >= 4 is 0 Å². The summed E-state index contributed by atoms with van der Waals surface area (Å²) >= 11 is 0. The van der Waals surface area contributed by atoms with E-state index < -0.39 is 0 Å². The van der Waals surface area contributed by atoms with Gasteiger partial charge >= 0.3 is 0 Å². The van der Waals surface area contributed by atoms with Crippen molar-refractivity contribution < 1.29 is 0 Å². The van der Waals surface area contributed by atoms with Crippen LogP contribution in [0.25, 0.3) is 0 Å². The van der Waals surface area contributed by atoms with Gasteiger partial charge in [0.15, 0.2) is 0 Å². The molecule has 0 spiro atoms. The third-order valence-corrected chi connectivity index (χ3v) is 3.19. The third kappa shape index (κ3) is 3.14. The normalized spacial score (nSPS) is 23.0. The molecule has 1 aliphatic rings. The standard InChI is InChI=1S/C11H23N/c1-9(2)11(12)8-10-6-4-3-5-7-10/h9-11H,3-8,12H2,1-2H3/t11-/m0/s1. The molecule has 1 fully saturated rings. The first-order chi connectivity index (χ1) is 5.70. The van der Waals surface area contributed by atoms with Gasteiger partial charge in [0.2, 0.25) is 0 Å². The van der Waals surface area contributed by atoms with Crippen molar-refractivity contribution in [2.75, 3.05) is 0 Å². The average molecular weight is 169 g/mol. The predicted molar refractivity (Wildman–Crippen MR) is 54.0 cm³/mol. The lowest BCUT2D eigenvalue weighted by Crippen LogP contribution is -2.29. The Hall–Kier alpha value is -0.0400. The molecule has 1 saturated carbocycles. The van der Waals surface area contributed by atoms with Gasteiger partial charge in [-0.15, -0.1) is 0 Å². The molecule has 2 N–H and O–H groups in total. The average Bonchev–Trinajstić information content (AvgIpc) is 2.06. The molecule has 0 radical (unpaired) electrons. The van der Waals surface area contributed by atoms with Crippen molar-refractivity contribution in [2.45, 2.75) is 58.4 Å². The molecule has 1 heteroatoms. The minimum atomic E-state index is 0.438. The first-order valence-corrected chi connectivity index (χ1v) is 5.45. The summed E-state index contributed by atoms with van der Waals surface area (Å²) in [5, 5.41) is 0. The quantitative estimate of drug-likeness (QED) is 0.690. The summed E-state index contributed by atoms with van der Waals surface area (Å²) in [6, 6.07) is 0.438. The molecule has 0 saturated heterocycles. The van der Waals surface area contributed by atoms with Crippen LogP contribution < -0.4 is 5.73 Å². The second-order valence-corrected chi connectivity index (χ2v) is 4.65. The zero-order valence-corrected chi connectivity index (χ0v) is 8.55. The van der Waals surface area contributed by atoms with Gasteiger partial charge in [0.05, 0.1) is 0 Å². The van der Waals surface area contributed by atoms with Crippen LogP contribution in [0.1, 0.15) is 52.4 Å². The van der Waals surface area contributed by atoms with Gasteiger partial charge in [0.1, 0.15) is 0 Å². The summed E-state index contributed by atoms with van der Waals surface area (Å²) in [5.74, 6) is 1.60. The van der Waals surface area contributed by atoms with Crippen LogP contribution in [-0.4, -0.2) is 6.04 Å². The summed E-state index contributed by atoms with van der Waals surface area (Å²) < 4.78 is 0. The lowest BCUT2D eigenvalue weighted by Gasteiger charge is -2.26. The molecule has 1 rings (SSSR count). The van der Waals surface area contributed by atoms with Gasteiger partial charge in [-0.25, -0.2) is 0 Å². The van der Waals surface area contributed by atoms with E-state index in [1.165, 1.54) is 38.5 Å². The molecule has 0 aromatic heterocycles. The van der Waals surface area contributed by atoms with Crippen LogP contribution in [0.3, 0.4) is 0 Å². The van der Waals surface area contributed by atoms with Crippen LogP contribution in [0.5, 0.6) is 0 Å². The van der Waals surface area contributed by atoms with Crippen LogP contribution in [0.15, 0.2) is 0 Å². The first-order valence-electron chi connectivity index (χ1n) is 5.45. The van der Waals surface area contributed by atoms with E-state index in [0.29, 0.717) is 12.0 Å². The highest BCUT2D eigenvalue weighted by molar-refractivity contribution is 4.73. The Morgan fingerprint density at radius 1 is 1.17 bits per heavy atom. The summed E-state index contributed by atoms with van der Waals surface area (Å²) in [6.45, 7) is 4.46. The SMILES string of the molecule is CC(C)[C@@H](N)CC1CCCCC1. The monoisotopic (exact) mass is 169 g/mol. The van der Waals surface area contributed by atoms with E-state index in [2.05, 4.69) is 13.8 Å². The van der Waals surface area contributed by atoms with E-state index in [1.807, 2.05) is 0 Å². The zero-order chi connectivity index (χ0) is 8.97. The molecule has 0 bridgehead atoms. The van der Waals surface area contributed by atoms with Gasteiger partial charge in [-0.2, -0.15) is 0 Å². The smallest absolute Gasteiger partial charge is 0.00645 e. The molecule has 1 nitrogen and oxygen atoms in total. The van der Waals surface area contributed by atoms with Crippen molar-refractivity contribution in [3.05, 3.63) is 0 Å². The molecule has 1 atom stereocenters. The van der Waals surface area contributed by atoms with Gasteiger partial charge in [-0.1, -0.05) is 46.0 Å². The van der Waals surface area contributed by atoms with Gasteiger partial charge in [0, 0.05) is 6.04 Å². The molecule has 1 aliphatic carbocycles. The third-order valence-electron chi connectivity index (χ3n) is 3.19. The number of hydrogen-bond donors (Lipinski definition) is 1. The van der Waals surface area contributed by atoms with Crippen molar-refractivity contribution in [1.82, 2.24) is 0 Å². The molecular formula is C11H23N. The maximum Gasteiger partial charge on any atom is 0.00645 e. The maximum atomic E-state index is 6.05. The lowest BCUT2D eigenvalue weighted by atomic mass is 9.83. The molecule has 0 aromatic carbocycles. The van der Waals surface area contributed by atoms with E-state index in [-0.39, 0.29) is 0 Å². The second kappa shape index (κ2) is 4.86. The zero-order valence-electron chi connectivity index (χ0n) is 8.55. The highest BCUT2D eigenvalue weighted by Gasteiger charge is 2.17. The molecule has 0 amide bonds. The number of hydrogen-bond acceptors (Lipinski definition) is 1. The van der Waals surface area contributed by atoms with E-state index in [1.54, 1.807) is 0 Å². The molecular weight excluding hydrogens is 146 g/mol. The Kier molecular flexibility index (Phi) is 4.07. The topological polar surface area (TPSA) is 26.0 Å². The van der Waals surface area contributed by atoms with E-state index in [4.69, 9.17) is 5.73 Å². The Morgan fingerprint density at radius 2 is 1.75 bits per heavy atom. The Morgan fingerprint density at radius 3 is 2.25 bits per heavy atom. The Bertz CT molecular complexity index is 114. The van der Waals surface area contributed by atoms with Crippen LogP contribution >= 0.6 is 0 Å². The summed E-state index contributed by atoms with van der Waals surface area (Å²) in [5.41, 5.74) is 6.05.